The molecule has 3 aromatic heterocycles. The van der Waals surface area contributed by atoms with Crippen molar-refractivity contribution in [3.8, 4) is 0 Å². The van der Waals surface area contributed by atoms with Crippen LogP contribution in [0.3, 0.4) is 0 Å². The molecule has 0 aliphatic carbocycles. The number of aromatic amines is 1. The first-order chi connectivity index (χ1) is 13.4. The molecule has 1 atom stereocenters. The van der Waals surface area contributed by atoms with Crippen molar-refractivity contribution in [3.63, 3.8) is 0 Å². The molecular formula is C17H17F3N6O2. The highest BCUT2D eigenvalue weighted by molar-refractivity contribution is 6.09. The number of hydrogen-bond acceptors (Lipinski definition) is 6. The molecule has 1 aliphatic rings. The number of carbonyl (C=O) groups excluding carboxylic acids is 1. The number of aromatic nitrogens is 4. The number of carbonyl (C=O) groups is 1. The molecule has 28 heavy (non-hydrogen) atoms. The van der Waals surface area contributed by atoms with Gasteiger partial charge in [-0.15, -0.1) is 0 Å². The third kappa shape index (κ3) is 3.78. The lowest BCUT2D eigenvalue weighted by Gasteiger charge is -2.34. The molecule has 148 valence electrons. The Bertz CT molecular complexity index is 1010. The fourth-order valence-electron chi connectivity index (χ4n) is 3.41. The van der Waals surface area contributed by atoms with Crippen molar-refractivity contribution in [2.75, 3.05) is 24.5 Å². The zero-order valence-corrected chi connectivity index (χ0v) is 14.7. The van der Waals surface area contributed by atoms with Crippen LogP contribution in [0.15, 0.2) is 24.7 Å². The molecule has 0 radical (unpaired) electrons. The summed E-state index contributed by atoms with van der Waals surface area (Å²) < 4.78 is 41.9. The molecule has 0 spiro atoms. The minimum atomic E-state index is -4.48. The fraction of sp³-hybridized carbons (Fsp3) is 0.412. The lowest BCUT2D eigenvalue weighted by atomic mass is 10.1. The van der Waals surface area contributed by atoms with Gasteiger partial charge in [-0.1, -0.05) is 0 Å². The molecular weight excluding hydrogens is 377 g/mol. The highest BCUT2D eigenvalue weighted by Gasteiger charge is 2.30. The molecule has 0 aromatic carbocycles. The lowest BCUT2D eigenvalue weighted by molar-refractivity contribution is -0.124. The predicted octanol–water partition coefficient (Wildman–Crippen LogP) is 2.76. The number of halogens is 3. The molecule has 0 bridgehead atoms. The summed E-state index contributed by atoms with van der Waals surface area (Å²) in [6.07, 6.45) is 0.256. The van der Waals surface area contributed by atoms with Crippen molar-refractivity contribution in [2.45, 2.75) is 25.1 Å². The largest absolute Gasteiger partial charge is 0.444 e. The summed E-state index contributed by atoms with van der Waals surface area (Å²) in [5.41, 5.74) is 2.19. The fourth-order valence-corrected chi connectivity index (χ4v) is 3.41. The van der Waals surface area contributed by atoms with E-state index in [0.29, 0.717) is 25.2 Å². The highest BCUT2D eigenvalue weighted by atomic mass is 19.4. The van der Waals surface area contributed by atoms with Gasteiger partial charge in [-0.2, -0.15) is 18.3 Å². The van der Waals surface area contributed by atoms with Crippen LogP contribution in [0.2, 0.25) is 0 Å². The molecule has 1 aliphatic heterocycles. The van der Waals surface area contributed by atoms with E-state index in [1.54, 1.807) is 23.9 Å². The van der Waals surface area contributed by atoms with Crippen LogP contribution in [0.1, 0.15) is 12.8 Å². The minimum absolute atomic E-state index is 0.359. The Kier molecular flexibility index (Phi) is 4.65. The Balaban J connectivity index is 1.54. The van der Waals surface area contributed by atoms with Crippen LogP contribution in [0.25, 0.3) is 21.9 Å². The number of piperidine rings is 1. The maximum absolute atomic E-state index is 12.2. The summed E-state index contributed by atoms with van der Waals surface area (Å²) >= 11 is 0. The predicted molar refractivity (Wildman–Crippen MR) is 95.0 cm³/mol. The van der Waals surface area contributed by atoms with E-state index in [9.17, 15) is 18.0 Å². The van der Waals surface area contributed by atoms with E-state index in [1.165, 1.54) is 0 Å². The van der Waals surface area contributed by atoms with Gasteiger partial charge in [-0.3, -0.25) is 5.10 Å². The number of nitrogens with zero attached hydrogens (tertiary/aromatic N) is 4. The van der Waals surface area contributed by atoms with Crippen molar-refractivity contribution in [1.82, 2.24) is 25.5 Å². The minimum Gasteiger partial charge on any atom is -0.444 e. The number of nitrogens with one attached hydrogen (secondary N) is 2. The quantitative estimate of drug-likeness (QED) is 0.709. The van der Waals surface area contributed by atoms with Gasteiger partial charge >= 0.3 is 12.3 Å². The third-order valence-electron chi connectivity index (χ3n) is 4.59. The second-order valence-electron chi connectivity index (χ2n) is 6.57. The Morgan fingerprint density at radius 1 is 1.36 bits per heavy atom. The number of pyridine rings is 1. The zero-order chi connectivity index (χ0) is 19.7. The first kappa shape index (κ1) is 18.3. The Morgan fingerprint density at radius 2 is 2.21 bits per heavy atom. The Labute approximate surface area is 157 Å². The number of alkyl carbamates (subject to hydrolysis) is 1. The maximum Gasteiger partial charge on any atom is 0.407 e. The standard InChI is InChI=1S/C17H17F3N6O2/c18-17(19,20)9-23-16(27)28-10-2-1-5-26(8-10)13-7-24-25-12-6-22-15-11(14(12)13)3-4-21-15/h3-4,6-7,10,25H,1-2,5,8-9H2,(H,23,27). The summed E-state index contributed by atoms with van der Waals surface area (Å²) in [4.78, 5) is 22.2. The van der Waals surface area contributed by atoms with Crippen LogP contribution in [0.5, 0.6) is 0 Å². The van der Waals surface area contributed by atoms with E-state index in [0.717, 1.165) is 28.4 Å². The lowest BCUT2D eigenvalue weighted by Crippen LogP contribution is -2.43. The van der Waals surface area contributed by atoms with Gasteiger partial charge in [-0.25, -0.2) is 14.8 Å². The Morgan fingerprint density at radius 3 is 3.04 bits per heavy atom. The maximum atomic E-state index is 12.2. The van der Waals surface area contributed by atoms with Crippen LogP contribution in [-0.4, -0.2) is 58.2 Å². The van der Waals surface area contributed by atoms with Gasteiger partial charge in [0, 0.05) is 23.5 Å². The van der Waals surface area contributed by atoms with Crippen molar-refractivity contribution in [1.29, 1.82) is 0 Å². The van der Waals surface area contributed by atoms with Gasteiger partial charge in [0.1, 0.15) is 12.6 Å². The number of anilines is 1. The van der Waals surface area contributed by atoms with E-state index < -0.39 is 24.9 Å². The molecule has 4 heterocycles. The molecule has 11 heteroatoms. The molecule has 1 fully saturated rings. The highest BCUT2D eigenvalue weighted by Crippen LogP contribution is 2.32. The summed E-state index contributed by atoms with van der Waals surface area (Å²) in [5, 5.41) is 10.6. The molecule has 2 N–H and O–H groups in total. The van der Waals surface area contributed by atoms with Crippen LogP contribution < -0.4 is 10.2 Å². The van der Waals surface area contributed by atoms with Crippen LogP contribution in [0.4, 0.5) is 23.7 Å². The molecule has 4 rings (SSSR count). The van der Waals surface area contributed by atoms with Crippen molar-refractivity contribution < 1.29 is 22.7 Å². The third-order valence-corrected chi connectivity index (χ3v) is 4.59. The van der Waals surface area contributed by atoms with E-state index >= 15 is 0 Å². The van der Waals surface area contributed by atoms with E-state index in [2.05, 4.69) is 20.2 Å². The molecule has 1 amide bonds. The number of amides is 1. The van der Waals surface area contributed by atoms with Crippen molar-refractivity contribution >= 4 is 33.7 Å². The second-order valence-corrected chi connectivity index (χ2v) is 6.57. The summed E-state index contributed by atoms with van der Waals surface area (Å²) in [5.74, 6) is 0. The first-order valence-electron chi connectivity index (χ1n) is 8.74. The van der Waals surface area contributed by atoms with Crippen LogP contribution in [-0.2, 0) is 4.74 Å². The van der Waals surface area contributed by atoms with Gasteiger partial charge in [0.15, 0.2) is 5.65 Å². The molecule has 8 nitrogen and oxygen atoms in total. The summed E-state index contributed by atoms with van der Waals surface area (Å²) in [6.45, 7) is -0.346. The Hall–Kier alpha value is -3.11. The van der Waals surface area contributed by atoms with Crippen LogP contribution >= 0.6 is 0 Å². The van der Waals surface area contributed by atoms with E-state index in [1.807, 2.05) is 11.0 Å². The van der Waals surface area contributed by atoms with Gasteiger partial charge < -0.3 is 15.0 Å². The second kappa shape index (κ2) is 7.13. The number of hydrogen-bond donors (Lipinski definition) is 2. The smallest absolute Gasteiger partial charge is 0.407 e. The van der Waals surface area contributed by atoms with Crippen LogP contribution in [0, 0.1) is 0 Å². The van der Waals surface area contributed by atoms with Crippen molar-refractivity contribution in [2.24, 2.45) is 0 Å². The number of rotatable bonds is 3. The van der Waals surface area contributed by atoms with E-state index in [-0.39, 0.29) is 0 Å². The van der Waals surface area contributed by atoms with Gasteiger partial charge in [0.25, 0.3) is 0 Å². The summed E-state index contributed by atoms with van der Waals surface area (Å²) in [7, 11) is 0. The molecule has 0 saturated carbocycles. The molecule has 3 aromatic rings. The van der Waals surface area contributed by atoms with Crippen molar-refractivity contribution in [3.05, 3.63) is 24.7 Å². The zero-order valence-electron chi connectivity index (χ0n) is 14.7. The molecule has 1 unspecified atom stereocenters. The topological polar surface area (TPSA) is 96.0 Å². The number of H-pyrrole nitrogens is 1. The number of ether oxygens (including phenoxy) is 1. The van der Waals surface area contributed by atoms with Gasteiger partial charge in [0.2, 0.25) is 0 Å². The SMILES string of the molecule is O=C(NCC(F)(F)F)OC1CCCN(c2cn[nH]c3cnc4nccc4c23)C1. The first-order valence-corrected chi connectivity index (χ1v) is 8.74. The normalized spacial score (nSPS) is 17.8. The van der Waals surface area contributed by atoms with E-state index in [4.69, 9.17) is 4.74 Å². The number of fused-ring (bicyclic) bond motifs is 3. The average Bonchev–Trinajstić information content (AvgIpc) is 3.15. The average molecular weight is 394 g/mol. The summed E-state index contributed by atoms with van der Waals surface area (Å²) in [6, 6.07) is 1.87. The molecule has 1 saturated heterocycles. The van der Waals surface area contributed by atoms with Gasteiger partial charge in [0.05, 0.1) is 30.1 Å². The monoisotopic (exact) mass is 394 g/mol. The number of alkyl halides is 3. The van der Waals surface area contributed by atoms with Gasteiger partial charge in [-0.05, 0) is 18.9 Å².